The number of imide groups is 1. The van der Waals surface area contributed by atoms with Gasteiger partial charge in [0.2, 0.25) is 0 Å². The van der Waals surface area contributed by atoms with Gasteiger partial charge in [0.15, 0.2) is 5.69 Å². The van der Waals surface area contributed by atoms with Crippen LogP contribution >= 0.6 is 0 Å². The number of nitrogens with zero attached hydrogens (tertiary/aromatic N) is 3. The van der Waals surface area contributed by atoms with Crippen molar-refractivity contribution in [3.63, 3.8) is 0 Å². The fraction of sp³-hybridized carbons (Fsp3) is 0.400. The minimum atomic E-state index is -1.00. The van der Waals surface area contributed by atoms with Crippen LogP contribution in [0.5, 0.6) is 5.75 Å². The number of urea groups is 1. The lowest BCUT2D eigenvalue weighted by molar-refractivity contribution is -0.125. The van der Waals surface area contributed by atoms with Crippen LogP contribution in [0.2, 0.25) is 0 Å². The molecule has 2 saturated heterocycles. The number of carbonyl (C=O) groups excluding carboxylic acids is 3. The van der Waals surface area contributed by atoms with Gasteiger partial charge in [-0.15, -0.1) is 0 Å². The van der Waals surface area contributed by atoms with Crippen molar-refractivity contribution in [3.8, 4) is 11.4 Å². The van der Waals surface area contributed by atoms with Crippen molar-refractivity contribution in [2.75, 3.05) is 20.2 Å². The highest BCUT2D eigenvalue weighted by atomic mass is 16.5. The zero-order chi connectivity index (χ0) is 20.6. The Morgan fingerprint density at radius 2 is 2.00 bits per heavy atom. The van der Waals surface area contributed by atoms with Crippen LogP contribution in [0.3, 0.4) is 0 Å². The van der Waals surface area contributed by atoms with Gasteiger partial charge in [-0.1, -0.05) is 0 Å². The third-order valence-corrected chi connectivity index (χ3v) is 5.74. The van der Waals surface area contributed by atoms with Gasteiger partial charge in [-0.2, -0.15) is 5.10 Å². The zero-order valence-corrected chi connectivity index (χ0v) is 16.3. The third-order valence-electron chi connectivity index (χ3n) is 5.74. The van der Waals surface area contributed by atoms with Gasteiger partial charge in [0, 0.05) is 25.2 Å². The SMILES string of the molecule is COc1ccc(-n2ccc(C(=O)N3CCC[C@H]([C@@]4(C)NC(=O)NC4=O)C3)n2)cc1. The third kappa shape index (κ3) is 3.43. The molecule has 2 aliphatic heterocycles. The Labute approximate surface area is 168 Å². The normalized spacial score (nSPS) is 24.2. The quantitative estimate of drug-likeness (QED) is 0.758. The van der Waals surface area contributed by atoms with Gasteiger partial charge >= 0.3 is 6.03 Å². The molecule has 152 valence electrons. The van der Waals surface area contributed by atoms with Crippen LogP contribution in [0.15, 0.2) is 36.5 Å². The van der Waals surface area contributed by atoms with Gasteiger partial charge in [0.05, 0.1) is 12.8 Å². The number of amides is 4. The van der Waals surface area contributed by atoms with E-state index >= 15 is 0 Å². The monoisotopic (exact) mass is 397 g/mol. The molecule has 4 rings (SSSR count). The molecule has 0 spiro atoms. The van der Waals surface area contributed by atoms with Crippen molar-refractivity contribution in [1.29, 1.82) is 0 Å². The molecule has 1 aromatic heterocycles. The summed E-state index contributed by atoms with van der Waals surface area (Å²) in [6, 6.07) is 8.57. The highest BCUT2D eigenvalue weighted by Crippen LogP contribution is 2.30. The summed E-state index contributed by atoms with van der Waals surface area (Å²) in [7, 11) is 1.60. The van der Waals surface area contributed by atoms with E-state index in [-0.39, 0.29) is 17.7 Å². The maximum Gasteiger partial charge on any atom is 0.322 e. The van der Waals surface area contributed by atoms with Crippen LogP contribution in [-0.2, 0) is 4.79 Å². The molecule has 0 bridgehead atoms. The van der Waals surface area contributed by atoms with E-state index < -0.39 is 11.6 Å². The Kier molecular flexibility index (Phi) is 4.73. The Morgan fingerprint density at radius 3 is 2.66 bits per heavy atom. The van der Waals surface area contributed by atoms with Crippen molar-refractivity contribution < 1.29 is 19.1 Å². The summed E-state index contributed by atoms with van der Waals surface area (Å²) in [5.74, 6) is 0.0595. The molecule has 9 nitrogen and oxygen atoms in total. The molecule has 0 radical (unpaired) electrons. The number of likely N-dealkylation sites (tertiary alicyclic amines) is 1. The van der Waals surface area contributed by atoms with Crippen molar-refractivity contribution in [1.82, 2.24) is 25.3 Å². The van der Waals surface area contributed by atoms with Gasteiger partial charge < -0.3 is 15.0 Å². The minimum absolute atomic E-state index is 0.157. The van der Waals surface area contributed by atoms with Crippen LogP contribution < -0.4 is 15.4 Å². The lowest BCUT2D eigenvalue weighted by Crippen LogP contribution is -2.56. The zero-order valence-electron chi connectivity index (χ0n) is 16.3. The van der Waals surface area contributed by atoms with Crippen LogP contribution in [0, 0.1) is 5.92 Å². The molecule has 1 aromatic carbocycles. The van der Waals surface area contributed by atoms with Crippen molar-refractivity contribution in [2.45, 2.75) is 25.3 Å². The minimum Gasteiger partial charge on any atom is -0.497 e. The summed E-state index contributed by atoms with van der Waals surface area (Å²) in [6.07, 6.45) is 3.25. The first-order valence-electron chi connectivity index (χ1n) is 9.53. The number of methoxy groups -OCH3 is 1. The van der Waals surface area contributed by atoms with E-state index in [4.69, 9.17) is 4.74 Å². The standard InChI is InChI=1S/C20H23N5O4/c1-20(18(27)21-19(28)22-20)13-4-3-10-24(12-13)17(26)16-9-11-25(23-16)14-5-7-15(29-2)8-6-14/h5-9,11,13H,3-4,10,12H2,1-2H3,(H2,21,22,27,28)/t13-,20+/m0/s1. The number of hydrogen-bond donors (Lipinski definition) is 2. The molecule has 2 fully saturated rings. The summed E-state index contributed by atoms with van der Waals surface area (Å²) < 4.78 is 6.80. The van der Waals surface area contributed by atoms with E-state index in [9.17, 15) is 14.4 Å². The number of piperidine rings is 1. The highest BCUT2D eigenvalue weighted by Gasteiger charge is 2.49. The second-order valence-corrected chi connectivity index (χ2v) is 7.54. The molecule has 4 amide bonds. The summed E-state index contributed by atoms with van der Waals surface area (Å²) >= 11 is 0. The topological polar surface area (TPSA) is 106 Å². The summed E-state index contributed by atoms with van der Waals surface area (Å²) in [4.78, 5) is 38.5. The maximum absolute atomic E-state index is 13.0. The number of hydrogen-bond acceptors (Lipinski definition) is 5. The van der Waals surface area contributed by atoms with Crippen molar-refractivity contribution in [2.24, 2.45) is 5.92 Å². The number of benzene rings is 1. The van der Waals surface area contributed by atoms with E-state index in [0.29, 0.717) is 18.8 Å². The molecule has 0 aliphatic carbocycles. The van der Waals surface area contributed by atoms with E-state index in [1.54, 1.807) is 35.9 Å². The molecule has 2 aliphatic rings. The van der Waals surface area contributed by atoms with E-state index in [1.165, 1.54) is 0 Å². The molecule has 0 saturated carbocycles. The molecule has 2 N–H and O–H groups in total. The second-order valence-electron chi connectivity index (χ2n) is 7.54. The Balaban J connectivity index is 1.49. The Bertz CT molecular complexity index is 954. The Morgan fingerprint density at radius 1 is 1.24 bits per heavy atom. The van der Waals surface area contributed by atoms with Crippen LogP contribution in [0.4, 0.5) is 4.79 Å². The fourth-order valence-corrected chi connectivity index (χ4v) is 3.96. The van der Waals surface area contributed by atoms with Gasteiger partial charge in [-0.25, -0.2) is 9.48 Å². The van der Waals surface area contributed by atoms with Crippen molar-refractivity contribution in [3.05, 3.63) is 42.2 Å². The van der Waals surface area contributed by atoms with Gasteiger partial charge in [0.25, 0.3) is 11.8 Å². The molecule has 9 heteroatoms. The van der Waals surface area contributed by atoms with E-state index in [0.717, 1.165) is 24.3 Å². The largest absolute Gasteiger partial charge is 0.497 e. The predicted molar refractivity (Wildman–Crippen MR) is 104 cm³/mol. The van der Waals surface area contributed by atoms with Gasteiger partial charge in [-0.3, -0.25) is 14.9 Å². The fourth-order valence-electron chi connectivity index (χ4n) is 3.96. The lowest BCUT2D eigenvalue weighted by Gasteiger charge is -2.39. The molecule has 3 heterocycles. The molecule has 2 aromatic rings. The summed E-state index contributed by atoms with van der Waals surface area (Å²) in [5, 5.41) is 9.42. The maximum atomic E-state index is 13.0. The van der Waals surface area contributed by atoms with E-state index in [1.807, 2.05) is 24.3 Å². The smallest absolute Gasteiger partial charge is 0.322 e. The molecule has 2 atom stereocenters. The number of rotatable bonds is 4. The van der Waals surface area contributed by atoms with E-state index in [2.05, 4.69) is 15.7 Å². The van der Waals surface area contributed by atoms with Crippen molar-refractivity contribution >= 4 is 17.8 Å². The molecular formula is C20H23N5O4. The second kappa shape index (κ2) is 7.23. The summed E-state index contributed by atoms with van der Waals surface area (Å²) in [6.45, 7) is 2.69. The first kappa shape index (κ1) is 19.0. The number of carbonyl (C=O) groups is 3. The number of aromatic nitrogens is 2. The first-order chi connectivity index (χ1) is 13.9. The first-order valence-corrected chi connectivity index (χ1v) is 9.53. The average molecular weight is 397 g/mol. The molecular weight excluding hydrogens is 374 g/mol. The van der Waals surface area contributed by atoms with Gasteiger partial charge in [0.1, 0.15) is 11.3 Å². The summed E-state index contributed by atoms with van der Waals surface area (Å²) in [5.41, 5.74) is 0.157. The van der Waals surface area contributed by atoms with Crippen LogP contribution in [0.25, 0.3) is 5.69 Å². The number of nitrogens with one attached hydrogen (secondary N) is 2. The molecule has 29 heavy (non-hydrogen) atoms. The highest BCUT2D eigenvalue weighted by molar-refractivity contribution is 6.07. The lowest BCUT2D eigenvalue weighted by atomic mass is 9.80. The average Bonchev–Trinajstić information content (AvgIpc) is 3.32. The van der Waals surface area contributed by atoms with Crippen LogP contribution in [0.1, 0.15) is 30.3 Å². The van der Waals surface area contributed by atoms with Crippen LogP contribution in [-0.4, -0.2) is 58.3 Å². The number of ether oxygens (including phenoxy) is 1. The Hall–Kier alpha value is -3.36. The molecule has 0 unspecified atom stereocenters. The van der Waals surface area contributed by atoms with Gasteiger partial charge in [-0.05, 0) is 50.1 Å². The predicted octanol–water partition coefficient (Wildman–Crippen LogP) is 1.33.